The van der Waals surface area contributed by atoms with E-state index in [0.717, 1.165) is 0 Å². The van der Waals surface area contributed by atoms with E-state index in [1.54, 1.807) is 6.07 Å². The third-order valence-corrected chi connectivity index (χ3v) is 6.45. The maximum absolute atomic E-state index is 12.9. The number of carbonyl (C=O) groups is 1. The summed E-state index contributed by atoms with van der Waals surface area (Å²) in [5, 5.41) is 2.85. The van der Waals surface area contributed by atoms with Crippen LogP contribution in [0.25, 0.3) is 0 Å². The Balaban J connectivity index is 2.07. The molecular weight excluding hydrogens is 358 g/mol. The fraction of sp³-hybridized carbons (Fsp3) is 0.588. The minimum atomic E-state index is -3.65. The molecule has 0 spiro atoms. The second-order valence-electron chi connectivity index (χ2n) is 6.34. The van der Waals surface area contributed by atoms with Gasteiger partial charge in [-0.05, 0) is 31.9 Å². The van der Waals surface area contributed by atoms with Crippen LogP contribution in [0.15, 0.2) is 23.1 Å². The molecule has 1 heterocycles. The van der Waals surface area contributed by atoms with Crippen molar-refractivity contribution in [1.29, 1.82) is 0 Å². The van der Waals surface area contributed by atoms with Crippen LogP contribution in [0.5, 0.6) is 11.5 Å². The number of benzene rings is 1. The van der Waals surface area contributed by atoms with E-state index in [1.165, 1.54) is 30.7 Å². The number of nitrogens with two attached hydrogens (primary N) is 1. The van der Waals surface area contributed by atoms with Gasteiger partial charge in [-0.2, -0.15) is 4.31 Å². The molecule has 0 aromatic heterocycles. The number of rotatable bonds is 7. The Hall–Kier alpha value is -1.84. The van der Waals surface area contributed by atoms with Gasteiger partial charge in [0.25, 0.3) is 0 Å². The topological polar surface area (TPSA) is 111 Å². The minimum Gasteiger partial charge on any atom is -0.493 e. The van der Waals surface area contributed by atoms with Gasteiger partial charge >= 0.3 is 0 Å². The summed E-state index contributed by atoms with van der Waals surface area (Å²) in [7, 11) is -0.698. The van der Waals surface area contributed by atoms with Crippen molar-refractivity contribution in [2.24, 2.45) is 11.7 Å². The van der Waals surface area contributed by atoms with Crippen LogP contribution in [0.3, 0.4) is 0 Å². The molecule has 1 aliphatic heterocycles. The van der Waals surface area contributed by atoms with Crippen molar-refractivity contribution in [3.05, 3.63) is 18.2 Å². The van der Waals surface area contributed by atoms with Crippen LogP contribution in [0.1, 0.15) is 19.8 Å². The molecule has 0 saturated carbocycles. The van der Waals surface area contributed by atoms with Crippen molar-refractivity contribution in [3.8, 4) is 11.5 Å². The van der Waals surface area contributed by atoms with Gasteiger partial charge in [0.2, 0.25) is 15.9 Å². The number of sulfonamides is 1. The van der Waals surface area contributed by atoms with Gasteiger partial charge in [-0.15, -0.1) is 0 Å². The van der Waals surface area contributed by atoms with E-state index in [4.69, 9.17) is 15.2 Å². The first-order chi connectivity index (χ1) is 12.3. The largest absolute Gasteiger partial charge is 0.493 e. The van der Waals surface area contributed by atoms with Crippen LogP contribution < -0.4 is 20.5 Å². The van der Waals surface area contributed by atoms with Crippen molar-refractivity contribution < 1.29 is 22.7 Å². The number of carbonyl (C=O) groups excluding carboxylic acids is 1. The van der Waals surface area contributed by atoms with Crippen LogP contribution in [0, 0.1) is 5.92 Å². The summed E-state index contributed by atoms with van der Waals surface area (Å²) in [4.78, 5) is 12.3. The molecule has 1 atom stereocenters. The molecule has 3 N–H and O–H groups in total. The average Bonchev–Trinajstić information content (AvgIpc) is 2.67. The highest BCUT2D eigenvalue weighted by Crippen LogP contribution is 2.31. The molecule has 1 aliphatic rings. The molecule has 0 bridgehead atoms. The smallest absolute Gasteiger partial charge is 0.243 e. The summed E-state index contributed by atoms with van der Waals surface area (Å²) >= 11 is 0. The highest BCUT2D eigenvalue weighted by atomic mass is 32.2. The Morgan fingerprint density at radius 2 is 1.88 bits per heavy atom. The fourth-order valence-corrected chi connectivity index (χ4v) is 4.39. The van der Waals surface area contributed by atoms with Gasteiger partial charge in [0.05, 0.1) is 19.1 Å². The number of piperidine rings is 1. The standard InChI is InChI=1S/C17H27N3O5S/c1-12(11-18)19-17(21)13-6-8-20(9-7-13)26(22,23)14-4-5-15(24-2)16(10-14)25-3/h4-5,10,12-13H,6-9,11,18H2,1-3H3,(H,19,21)/t12-/m0/s1. The zero-order valence-electron chi connectivity index (χ0n) is 15.4. The first-order valence-corrected chi connectivity index (χ1v) is 10.00. The second kappa shape index (κ2) is 8.70. The van der Waals surface area contributed by atoms with Crippen LogP contribution >= 0.6 is 0 Å². The van der Waals surface area contributed by atoms with E-state index in [9.17, 15) is 13.2 Å². The molecule has 1 aromatic carbocycles. The van der Waals surface area contributed by atoms with Gasteiger partial charge in [-0.3, -0.25) is 4.79 Å². The number of ether oxygens (including phenoxy) is 2. The maximum atomic E-state index is 12.9. The molecule has 0 unspecified atom stereocenters. The van der Waals surface area contributed by atoms with Gasteiger partial charge < -0.3 is 20.5 Å². The third-order valence-electron chi connectivity index (χ3n) is 4.56. The number of nitrogens with zero attached hydrogens (tertiary/aromatic N) is 1. The lowest BCUT2D eigenvalue weighted by atomic mass is 9.97. The zero-order valence-corrected chi connectivity index (χ0v) is 16.2. The monoisotopic (exact) mass is 385 g/mol. The highest BCUT2D eigenvalue weighted by Gasteiger charge is 2.32. The number of hydrogen-bond donors (Lipinski definition) is 2. The number of nitrogens with one attached hydrogen (secondary N) is 1. The molecule has 2 rings (SSSR count). The van der Waals surface area contributed by atoms with Gasteiger partial charge in [0.15, 0.2) is 11.5 Å². The number of hydrogen-bond acceptors (Lipinski definition) is 6. The first-order valence-electron chi connectivity index (χ1n) is 8.56. The number of amides is 1. The van der Waals surface area contributed by atoms with E-state index in [0.29, 0.717) is 44.0 Å². The van der Waals surface area contributed by atoms with Gasteiger partial charge in [-0.25, -0.2) is 8.42 Å². The molecule has 0 aliphatic carbocycles. The molecule has 0 radical (unpaired) electrons. The molecule has 1 fully saturated rings. The Bertz CT molecular complexity index is 730. The van der Waals surface area contributed by atoms with Gasteiger partial charge in [0.1, 0.15) is 0 Å². The lowest BCUT2D eigenvalue weighted by Gasteiger charge is -2.31. The lowest BCUT2D eigenvalue weighted by molar-refractivity contribution is -0.126. The van der Waals surface area contributed by atoms with Crippen molar-refractivity contribution >= 4 is 15.9 Å². The van der Waals surface area contributed by atoms with E-state index in [-0.39, 0.29) is 22.8 Å². The molecule has 9 heteroatoms. The van der Waals surface area contributed by atoms with E-state index < -0.39 is 10.0 Å². The minimum absolute atomic E-state index is 0.0638. The fourth-order valence-electron chi connectivity index (χ4n) is 2.90. The van der Waals surface area contributed by atoms with Gasteiger partial charge in [-0.1, -0.05) is 0 Å². The van der Waals surface area contributed by atoms with Crippen LogP contribution in [-0.2, 0) is 14.8 Å². The average molecular weight is 385 g/mol. The summed E-state index contributed by atoms with van der Waals surface area (Å²) in [6.07, 6.45) is 0.964. The number of methoxy groups -OCH3 is 2. The molecule has 146 valence electrons. The lowest BCUT2D eigenvalue weighted by Crippen LogP contribution is -2.46. The molecule has 26 heavy (non-hydrogen) atoms. The summed E-state index contributed by atoms with van der Waals surface area (Å²) in [6, 6.07) is 4.44. The molecule has 1 amide bonds. The van der Waals surface area contributed by atoms with Crippen LogP contribution in [-0.4, -0.2) is 58.5 Å². The summed E-state index contributed by atoms with van der Waals surface area (Å²) < 4.78 is 37.5. The van der Waals surface area contributed by atoms with Crippen LogP contribution in [0.2, 0.25) is 0 Å². The van der Waals surface area contributed by atoms with Crippen molar-refractivity contribution in [1.82, 2.24) is 9.62 Å². The Kier molecular flexibility index (Phi) is 6.85. The highest BCUT2D eigenvalue weighted by molar-refractivity contribution is 7.89. The quantitative estimate of drug-likeness (QED) is 0.710. The van der Waals surface area contributed by atoms with E-state index >= 15 is 0 Å². The molecule has 1 aromatic rings. The van der Waals surface area contributed by atoms with Gasteiger partial charge in [0, 0.05) is 37.7 Å². The Morgan fingerprint density at radius 3 is 2.42 bits per heavy atom. The second-order valence-corrected chi connectivity index (χ2v) is 8.28. The molecular formula is C17H27N3O5S. The summed E-state index contributed by atoms with van der Waals surface area (Å²) in [6.45, 7) is 2.81. The van der Waals surface area contributed by atoms with Crippen molar-refractivity contribution in [2.75, 3.05) is 33.9 Å². The SMILES string of the molecule is COc1ccc(S(=O)(=O)N2CCC(C(=O)N[C@@H](C)CN)CC2)cc1OC. The van der Waals surface area contributed by atoms with Crippen molar-refractivity contribution in [3.63, 3.8) is 0 Å². The summed E-state index contributed by atoms with van der Waals surface area (Å²) in [5.74, 6) is 0.571. The molecule has 1 saturated heterocycles. The van der Waals surface area contributed by atoms with E-state index in [2.05, 4.69) is 5.32 Å². The predicted octanol–water partition coefficient (Wildman–Crippen LogP) is 0.568. The maximum Gasteiger partial charge on any atom is 0.243 e. The first kappa shape index (κ1) is 20.5. The predicted molar refractivity (Wildman–Crippen MR) is 97.7 cm³/mol. The zero-order chi connectivity index (χ0) is 19.3. The van der Waals surface area contributed by atoms with Crippen molar-refractivity contribution in [2.45, 2.75) is 30.7 Å². The summed E-state index contributed by atoms with van der Waals surface area (Å²) in [5.41, 5.74) is 5.52. The van der Waals surface area contributed by atoms with Crippen LogP contribution in [0.4, 0.5) is 0 Å². The van der Waals surface area contributed by atoms with E-state index in [1.807, 2.05) is 6.92 Å². The third kappa shape index (κ3) is 4.46. The molecule has 8 nitrogen and oxygen atoms in total. The normalized spacial score (nSPS) is 17.5. The Labute approximate surface area is 154 Å². The Morgan fingerprint density at radius 1 is 1.27 bits per heavy atom.